The van der Waals surface area contributed by atoms with Gasteiger partial charge < -0.3 is 10.0 Å². The summed E-state index contributed by atoms with van der Waals surface area (Å²) in [4.78, 5) is 2.49. The zero-order chi connectivity index (χ0) is 8.55. The van der Waals surface area contributed by atoms with E-state index in [4.69, 9.17) is 0 Å². The fourth-order valence-corrected chi connectivity index (χ4v) is 2.76. The number of aliphatic hydroxyl groups excluding tert-OH is 1. The van der Waals surface area contributed by atoms with Crippen molar-refractivity contribution in [2.75, 3.05) is 19.6 Å². The van der Waals surface area contributed by atoms with Crippen molar-refractivity contribution in [3.8, 4) is 0 Å². The molecular weight excluding hydrogens is 150 g/mol. The van der Waals surface area contributed by atoms with Crippen molar-refractivity contribution in [2.24, 2.45) is 11.8 Å². The van der Waals surface area contributed by atoms with Gasteiger partial charge in [0.15, 0.2) is 0 Å². The van der Waals surface area contributed by atoms with Crippen LogP contribution in [-0.2, 0) is 0 Å². The maximum Gasteiger partial charge on any atom is 0.0620 e. The third-order valence-electron chi connectivity index (χ3n) is 3.55. The molecular formula is C10H19NO. The molecule has 1 aliphatic carbocycles. The van der Waals surface area contributed by atoms with Crippen molar-refractivity contribution in [1.82, 2.24) is 4.90 Å². The molecule has 0 spiro atoms. The summed E-state index contributed by atoms with van der Waals surface area (Å²) in [6, 6.07) is 0. The van der Waals surface area contributed by atoms with Gasteiger partial charge in [0.05, 0.1) is 6.10 Å². The van der Waals surface area contributed by atoms with Crippen LogP contribution >= 0.6 is 0 Å². The van der Waals surface area contributed by atoms with Crippen molar-refractivity contribution in [1.29, 1.82) is 0 Å². The number of hydrogen-bond acceptors (Lipinski definition) is 2. The number of rotatable bonds is 1. The highest BCUT2D eigenvalue weighted by Gasteiger charge is 2.37. The molecule has 0 aromatic carbocycles. The molecule has 2 nitrogen and oxygen atoms in total. The van der Waals surface area contributed by atoms with Gasteiger partial charge >= 0.3 is 0 Å². The Morgan fingerprint density at radius 2 is 1.83 bits per heavy atom. The highest BCUT2D eigenvalue weighted by Crippen LogP contribution is 2.34. The Balaban J connectivity index is 2.02. The quantitative estimate of drug-likeness (QED) is 0.635. The molecule has 12 heavy (non-hydrogen) atoms. The highest BCUT2D eigenvalue weighted by atomic mass is 16.3. The van der Waals surface area contributed by atoms with Gasteiger partial charge in [0.2, 0.25) is 0 Å². The summed E-state index contributed by atoms with van der Waals surface area (Å²) in [6.07, 6.45) is 3.84. The van der Waals surface area contributed by atoms with Crippen molar-refractivity contribution < 1.29 is 5.11 Å². The van der Waals surface area contributed by atoms with E-state index < -0.39 is 0 Å². The average Bonchev–Trinajstić information content (AvgIpc) is 2.04. The Bertz CT molecular complexity index is 146. The molecule has 1 heterocycles. The fraction of sp³-hybridized carbons (Fsp3) is 1.00. The Morgan fingerprint density at radius 1 is 1.25 bits per heavy atom. The molecule has 1 saturated heterocycles. The monoisotopic (exact) mass is 169 g/mol. The molecule has 2 fully saturated rings. The zero-order valence-electron chi connectivity index (χ0n) is 7.87. The van der Waals surface area contributed by atoms with Crippen LogP contribution in [0.2, 0.25) is 0 Å². The van der Waals surface area contributed by atoms with E-state index in [1.165, 1.54) is 19.3 Å². The molecule has 1 N–H and O–H groups in total. The van der Waals surface area contributed by atoms with Gasteiger partial charge in [-0.3, -0.25) is 0 Å². The van der Waals surface area contributed by atoms with Crippen LogP contribution in [0, 0.1) is 11.8 Å². The summed E-state index contributed by atoms with van der Waals surface area (Å²) >= 11 is 0. The minimum atomic E-state index is 0.0153. The Hall–Kier alpha value is -0.0800. The van der Waals surface area contributed by atoms with E-state index in [2.05, 4.69) is 11.8 Å². The minimum Gasteiger partial charge on any atom is -0.392 e. The van der Waals surface area contributed by atoms with Crippen molar-refractivity contribution in [3.63, 3.8) is 0 Å². The molecule has 0 aromatic heterocycles. The molecule has 1 unspecified atom stereocenters. The van der Waals surface area contributed by atoms with E-state index in [0.717, 1.165) is 19.6 Å². The van der Waals surface area contributed by atoms with Gasteiger partial charge in [-0.05, 0) is 31.2 Å². The van der Waals surface area contributed by atoms with Crippen molar-refractivity contribution in [3.05, 3.63) is 0 Å². The average molecular weight is 169 g/mol. The number of likely N-dealkylation sites (tertiary alicyclic amines) is 1. The van der Waals surface area contributed by atoms with E-state index in [0.29, 0.717) is 11.8 Å². The first-order valence-electron chi connectivity index (χ1n) is 5.21. The van der Waals surface area contributed by atoms with Gasteiger partial charge in [0.25, 0.3) is 0 Å². The smallest absolute Gasteiger partial charge is 0.0620 e. The van der Waals surface area contributed by atoms with Crippen molar-refractivity contribution in [2.45, 2.75) is 32.3 Å². The van der Waals surface area contributed by atoms with E-state index in [9.17, 15) is 5.11 Å². The maximum absolute atomic E-state index is 9.88. The van der Waals surface area contributed by atoms with E-state index in [1.807, 2.05) is 0 Å². The molecule has 3 atom stereocenters. The molecule has 0 amide bonds. The molecule has 2 aliphatic rings. The molecule has 0 radical (unpaired) electrons. The lowest BCUT2D eigenvalue weighted by molar-refractivity contribution is -0.0477. The standard InChI is InChI=1S/C10H19NO/c1-2-11-6-8-4-3-5-9(7-11)10(8)12/h8-10,12H,2-7H2,1H3/t8-,9+,10?. The molecule has 1 aliphatic heterocycles. The first-order valence-corrected chi connectivity index (χ1v) is 5.21. The van der Waals surface area contributed by atoms with E-state index >= 15 is 0 Å². The van der Waals surface area contributed by atoms with Crippen LogP contribution in [0.5, 0.6) is 0 Å². The number of nitrogens with zero attached hydrogens (tertiary/aromatic N) is 1. The van der Waals surface area contributed by atoms with Crippen LogP contribution < -0.4 is 0 Å². The largest absolute Gasteiger partial charge is 0.392 e. The van der Waals surface area contributed by atoms with Crippen LogP contribution in [0.4, 0.5) is 0 Å². The molecule has 2 heteroatoms. The van der Waals surface area contributed by atoms with Crippen LogP contribution in [0.25, 0.3) is 0 Å². The van der Waals surface area contributed by atoms with Crippen LogP contribution in [0.15, 0.2) is 0 Å². The number of fused-ring (bicyclic) bond motifs is 2. The lowest BCUT2D eigenvalue weighted by atomic mass is 9.75. The molecule has 2 bridgehead atoms. The van der Waals surface area contributed by atoms with Crippen LogP contribution in [-0.4, -0.2) is 35.7 Å². The molecule has 0 aromatic rings. The fourth-order valence-electron chi connectivity index (χ4n) is 2.76. The maximum atomic E-state index is 9.88. The molecule has 70 valence electrons. The first kappa shape index (κ1) is 8.52. The van der Waals surface area contributed by atoms with Crippen LogP contribution in [0.3, 0.4) is 0 Å². The third kappa shape index (κ3) is 1.38. The number of hydrogen-bond donors (Lipinski definition) is 1. The summed E-state index contributed by atoms with van der Waals surface area (Å²) in [6.45, 7) is 5.63. The van der Waals surface area contributed by atoms with Gasteiger partial charge in [-0.1, -0.05) is 13.3 Å². The topological polar surface area (TPSA) is 23.5 Å². The van der Waals surface area contributed by atoms with Gasteiger partial charge in [0, 0.05) is 13.1 Å². The second-order valence-electron chi connectivity index (χ2n) is 4.29. The summed E-state index contributed by atoms with van der Waals surface area (Å²) in [7, 11) is 0. The lowest BCUT2D eigenvalue weighted by Crippen LogP contribution is -2.51. The van der Waals surface area contributed by atoms with Gasteiger partial charge in [-0.15, -0.1) is 0 Å². The zero-order valence-corrected chi connectivity index (χ0v) is 7.87. The predicted octanol–water partition coefficient (Wildman–Crippen LogP) is 1.10. The first-order chi connectivity index (χ1) is 5.81. The SMILES string of the molecule is CCN1C[C@H]2CCC[C@@H](C1)C2O. The third-order valence-corrected chi connectivity index (χ3v) is 3.55. The van der Waals surface area contributed by atoms with E-state index in [-0.39, 0.29) is 6.10 Å². The highest BCUT2D eigenvalue weighted by molar-refractivity contribution is 4.89. The summed E-state index contributed by atoms with van der Waals surface area (Å²) in [5.41, 5.74) is 0. The summed E-state index contributed by atoms with van der Waals surface area (Å²) in [5.74, 6) is 1.16. The Labute approximate surface area is 74.6 Å². The minimum absolute atomic E-state index is 0.0153. The lowest BCUT2D eigenvalue weighted by Gasteiger charge is -2.44. The summed E-state index contributed by atoms with van der Waals surface area (Å²) < 4.78 is 0. The molecule has 1 saturated carbocycles. The normalized spacial score (nSPS) is 43.0. The Kier molecular flexibility index (Phi) is 2.37. The predicted molar refractivity (Wildman–Crippen MR) is 49.0 cm³/mol. The van der Waals surface area contributed by atoms with Gasteiger partial charge in [0.1, 0.15) is 0 Å². The number of aliphatic hydroxyl groups is 1. The Morgan fingerprint density at radius 3 is 2.33 bits per heavy atom. The second-order valence-corrected chi connectivity index (χ2v) is 4.29. The van der Waals surface area contributed by atoms with E-state index in [1.54, 1.807) is 0 Å². The number of piperidine rings is 1. The molecule has 2 rings (SSSR count). The van der Waals surface area contributed by atoms with Gasteiger partial charge in [-0.2, -0.15) is 0 Å². The van der Waals surface area contributed by atoms with Crippen molar-refractivity contribution >= 4 is 0 Å². The van der Waals surface area contributed by atoms with Gasteiger partial charge in [-0.25, -0.2) is 0 Å². The second kappa shape index (κ2) is 3.35. The van der Waals surface area contributed by atoms with Crippen LogP contribution in [0.1, 0.15) is 26.2 Å². The summed E-state index contributed by atoms with van der Waals surface area (Å²) in [5, 5.41) is 9.88.